The molecule has 6 nitrogen and oxygen atoms in total. The number of anilines is 2. The van der Waals surface area contributed by atoms with E-state index < -0.39 is 0 Å². The van der Waals surface area contributed by atoms with Gasteiger partial charge in [-0.2, -0.15) is 0 Å². The second kappa shape index (κ2) is 6.37. The Balaban J connectivity index is 1.73. The van der Waals surface area contributed by atoms with Gasteiger partial charge in [-0.3, -0.25) is 4.79 Å². The van der Waals surface area contributed by atoms with E-state index in [0.29, 0.717) is 18.0 Å². The first-order valence-corrected chi connectivity index (χ1v) is 8.24. The highest BCUT2D eigenvalue weighted by Gasteiger charge is 2.18. The van der Waals surface area contributed by atoms with Crippen LogP contribution in [0.5, 0.6) is 0 Å². The number of thiazole rings is 1. The molecule has 1 aromatic carbocycles. The number of aryl methyl sites for hydroxylation is 2. The van der Waals surface area contributed by atoms with Crippen molar-refractivity contribution in [2.75, 3.05) is 10.6 Å². The van der Waals surface area contributed by atoms with Crippen LogP contribution in [0.3, 0.4) is 0 Å². The lowest BCUT2D eigenvalue weighted by molar-refractivity contribution is -0.117. The summed E-state index contributed by atoms with van der Waals surface area (Å²) < 4.78 is 6.06. The van der Waals surface area contributed by atoms with Crippen molar-refractivity contribution >= 4 is 39.0 Å². The van der Waals surface area contributed by atoms with Gasteiger partial charge in [0.2, 0.25) is 5.91 Å². The molecule has 1 atom stereocenters. The third kappa shape index (κ3) is 3.50. The molecule has 23 heavy (non-hydrogen) atoms. The van der Waals surface area contributed by atoms with Crippen LogP contribution in [0, 0.1) is 13.8 Å². The molecule has 0 aliphatic rings. The van der Waals surface area contributed by atoms with Gasteiger partial charge in [-0.15, -0.1) is 11.3 Å². The van der Waals surface area contributed by atoms with Gasteiger partial charge >= 0.3 is 0 Å². The zero-order valence-electron chi connectivity index (χ0n) is 13.2. The molecule has 2 aromatic heterocycles. The number of hydrogen-bond acceptors (Lipinski definition) is 6. The Labute approximate surface area is 137 Å². The minimum atomic E-state index is -0.349. The molecular weight excluding hydrogens is 312 g/mol. The zero-order valence-corrected chi connectivity index (χ0v) is 14.0. The number of nitrogens with one attached hydrogen (secondary N) is 2. The molecule has 2 heterocycles. The monoisotopic (exact) mass is 330 g/mol. The summed E-state index contributed by atoms with van der Waals surface area (Å²) in [4.78, 5) is 16.8. The van der Waals surface area contributed by atoms with Crippen LogP contribution in [-0.4, -0.2) is 22.1 Å². The van der Waals surface area contributed by atoms with Gasteiger partial charge in [0.1, 0.15) is 11.8 Å². The fourth-order valence-electron chi connectivity index (χ4n) is 2.32. The molecule has 0 radical (unpaired) electrons. The van der Waals surface area contributed by atoms with Crippen molar-refractivity contribution in [3.8, 4) is 0 Å². The Morgan fingerprint density at radius 1 is 1.35 bits per heavy atom. The second-order valence-corrected chi connectivity index (χ2v) is 6.57. The highest BCUT2D eigenvalue weighted by atomic mass is 32.1. The van der Waals surface area contributed by atoms with Crippen molar-refractivity contribution in [3.63, 3.8) is 0 Å². The average molecular weight is 330 g/mol. The molecule has 0 aliphatic heterocycles. The van der Waals surface area contributed by atoms with Crippen LogP contribution < -0.4 is 10.6 Å². The van der Waals surface area contributed by atoms with E-state index in [2.05, 4.69) is 20.8 Å². The number of nitrogens with zero attached hydrogens (tertiary/aromatic N) is 2. The van der Waals surface area contributed by atoms with Gasteiger partial charge in [0.15, 0.2) is 5.82 Å². The van der Waals surface area contributed by atoms with Crippen molar-refractivity contribution < 1.29 is 9.32 Å². The minimum Gasteiger partial charge on any atom is -0.374 e. The molecule has 120 valence electrons. The van der Waals surface area contributed by atoms with Gasteiger partial charge in [0, 0.05) is 11.8 Å². The molecule has 7 heteroatoms. The molecular formula is C16H18N4O2S. The number of rotatable bonds is 5. The number of carbonyl (C=O) groups is 1. The van der Waals surface area contributed by atoms with Crippen molar-refractivity contribution in [1.29, 1.82) is 0 Å². The summed E-state index contributed by atoms with van der Waals surface area (Å²) in [6, 6.07) is 7.27. The third-order valence-electron chi connectivity index (χ3n) is 3.44. The minimum absolute atomic E-state index is 0.138. The van der Waals surface area contributed by atoms with Crippen LogP contribution in [0.25, 0.3) is 10.2 Å². The Bertz CT molecular complexity index is 840. The maximum Gasteiger partial charge on any atom is 0.248 e. The first-order valence-electron chi connectivity index (χ1n) is 7.43. The number of hydrogen-bond donors (Lipinski definition) is 2. The lowest BCUT2D eigenvalue weighted by atomic mass is 10.2. The van der Waals surface area contributed by atoms with E-state index in [0.717, 1.165) is 20.9 Å². The topological polar surface area (TPSA) is 80.0 Å². The summed E-state index contributed by atoms with van der Waals surface area (Å²) in [7, 11) is 0. The Morgan fingerprint density at radius 2 is 2.17 bits per heavy atom. The quantitative estimate of drug-likeness (QED) is 0.745. The number of aromatic nitrogens is 2. The first-order chi connectivity index (χ1) is 11.0. The van der Waals surface area contributed by atoms with E-state index >= 15 is 0 Å². The van der Waals surface area contributed by atoms with Crippen LogP contribution >= 0.6 is 11.3 Å². The van der Waals surface area contributed by atoms with E-state index in [1.807, 2.05) is 32.0 Å². The number of carbonyl (C=O) groups excluding carboxylic acids is 1. The fraction of sp³-hybridized carbons (Fsp3) is 0.312. The van der Waals surface area contributed by atoms with Gasteiger partial charge in [-0.05, 0) is 38.5 Å². The predicted molar refractivity (Wildman–Crippen MR) is 91.9 cm³/mol. The lowest BCUT2D eigenvalue weighted by Gasteiger charge is -2.17. The fourth-order valence-corrected chi connectivity index (χ4v) is 3.19. The highest BCUT2D eigenvalue weighted by molar-refractivity contribution is 7.18. The third-order valence-corrected chi connectivity index (χ3v) is 4.37. The SMILES string of the molecule is CC[C@@H](Nc1ccc2nc(C)sc2c1)C(=O)Nc1cc(C)on1. The number of benzene rings is 1. The van der Waals surface area contributed by atoms with E-state index in [9.17, 15) is 4.79 Å². The molecule has 2 N–H and O–H groups in total. The molecule has 0 fully saturated rings. The van der Waals surface area contributed by atoms with E-state index in [1.165, 1.54) is 0 Å². The van der Waals surface area contributed by atoms with Crippen molar-refractivity contribution in [1.82, 2.24) is 10.1 Å². The molecule has 0 saturated heterocycles. The molecule has 0 unspecified atom stereocenters. The largest absolute Gasteiger partial charge is 0.374 e. The van der Waals surface area contributed by atoms with Crippen LogP contribution in [0.1, 0.15) is 24.1 Å². The van der Waals surface area contributed by atoms with Gasteiger partial charge in [0.25, 0.3) is 0 Å². The Kier molecular flexibility index (Phi) is 4.29. The lowest BCUT2D eigenvalue weighted by Crippen LogP contribution is -2.34. The Hall–Kier alpha value is -2.41. The van der Waals surface area contributed by atoms with E-state index in [-0.39, 0.29) is 11.9 Å². The molecule has 0 aliphatic carbocycles. The smallest absolute Gasteiger partial charge is 0.248 e. The number of amides is 1. The summed E-state index contributed by atoms with van der Waals surface area (Å²) in [5.74, 6) is 0.954. The van der Waals surface area contributed by atoms with Crippen LogP contribution in [0.4, 0.5) is 11.5 Å². The van der Waals surface area contributed by atoms with Gasteiger partial charge in [-0.1, -0.05) is 12.1 Å². The molecule has 3 rings (SSSR count). The van der Waals surface area contributed by atoms with Crippen molar-refractivity contribution in [3.05, 3.63) is 35.0 Å². The van der Waals surface area contributed by atoms with Crippen molar-refractivity contribution in [2.45, 2.75) is 33.2 Å². The van der Waals surface area contributed by atoms with Crippen molar-refractivity contribution in [2.24, 2.45) is 0 Å². The van der Waals surface area contributed by atoms with E-state index in [4.69, 9.17) is 4.52 Å². The van der Waals surface area contributed by atoms with Crippen LogP contribution in [0.15, 0.2) is 28.8 Å². The standard InChI is InChI=1S/C16H18N4O2S/c1-4-12(16(21)19-15-7-9(2)22-20-15)18-11-5-6-13-14(8-11)23-10(3)17-13/h5-8,12,18H,4H2,1-3H3,(H,19,20,21)/t12-/m1/s1. The maximum atomic E-state index is 12.4. The Morgan fingerprint density at radius 3 is 2.87 bits per heavy atom. The van der Waals surface area contributed by atoms with Gasteiger partial charge in [0.05, 0.1) is 15.2 Å². The molecule has 3 aromatic rings. The molecule has 1 amide bonds. The summed E-state index contributed by atoms with van der Waals surface area (Å²) in [5.41, 5.74) is 1.88. The van der Waals surface area contributed by atoms with Gasteiger partial charge < -0.3 is 15.2 Å². The van der Waals surface area contributed by atoms with E-state index in [1.54, 1.807) is 24.3 Å². The number of fused-ring (bicyclic) bond motifs is 1. The zero-order chi connectivity index (χ0) is 16.4. The first kappa shape index (κ1) is 15.5. The van der Waals surface area contributed by atoms with Crippen LogP contribution in [0.2, 0.25) is 0 Å². The summed E-state index contributed by atoms with van der Waals surface area (Å²) in [5, 5.41) is 10.8. The maximum absolute atomic E-state index is 12.4. The summed E-state index contributed by atoms with van der Waals surface area (Å²) in [6.07, 6.45) is 0.655. The second-order valence-electron chi connectivity index (χ2n) is 5.33. The highest BCUT2D eigenvalue weighted by Crippen LogP contribution is 2.25. The summed E-state index contributed by atoms with van der Waals surface area (Å²) in [6.45, 7) is 5.73. The average Bonchev–Trinajstić information content (AvgIpc) is 3.08. The van der Waals surface area contributed by atoms with Gasteiger partial charge in [-0.25, -0.2) is 4.98 Å². The molecule has 0 bridgehead atoms. The van der Waals surface area contributed by atoms with Crippen LogP contribution in [-0.2, 0) is 4.79 Å². The normalized spacial score (nSPS) is 12.3. The predicted octanol–water partition coefficient (Wildman–Crippen LogP) is 3.73. The molecule has 0 spiro atoms. The summed E-state index contributed by atoms with van der Waals surface area (Å²) >= 11 is 1.64. The molecule has 0 saturated carbocycles.